The lowest BCUT2D eigenvalue weighted by Gasteiger charge is -2.15. The normalized spacial score (nSPS) is 28.9. The molecule has 0 N–H and O–H groups in total. The van der Waals surface area contributed by atoms with E-state index in [1.54, 1.807) is 0 Å². The van der Waals surface area contributed by atoms with Crippen LogP contribution in [0.25, 0.3) is 0 Å². The average Bonchev–Trinajstić information content (AvgIpc) is 1.82. The first-order valence-electron chi connectivity index (χ1n) is 2.53. The van der Waals surface area contributed by atoms with Crippen LogP contribution in [-0.4, -0.2) is 23.9 Å². The maximum absolute atomic E-state index is 12.1. The third-order valence-electron chi connectivity index (χ3n) is 1.25. The minimum atomic E-state index is -2.47. The van der Waals surface area contributed by atoms with Crippen molar-refractivity contribution in [1.29, 1.82) is 0 Å². The molecule has 1 saturated heterocycles. The van der Waals surface area contributed by atoms with Gasteiger partial charge in [-0.05, 0) is 6.54 Å². The van der Waals surface area contributed by atoms with E-state index in [-0.39, 0.29) is 13.0 Å². The van der Waals surface area contributed by atoms with Gasteiger partial charge in [-0.2, -0.15) is 0 Å². The Balaban J connectivity index is 2.44. The third kappa shape index (κ3) is 1.15. The molecule has 8 heavy (non-hydrogen) atoms. The molecule has 0 atom stereocenters. The minimum Gasteiger partial charge on any atom is -0.454 e. The molecule has 0 aromatic rings. The van der Waals surface area contributed by atoms with Gasteiger partial charge in [0.05, 0.1) is 0 Å². The molecule has 0 bridgehead atoms. The summed E-state index contributed by atoms with van der Waals surface area (Å²) in [4.78, 5) is 1.39. The molecule has 0 unspecified atom stereocenters. The lowest BCUT2D eigenvalue weighted by Crippen LogP contribution is -2.19. The maximum atomic E-state index is 12.1. The summed E-state index contributed by atoms with van der Waals surface area (Å²) in [7, 11) is 3.39. The van der Waals surface area contributed by atoms with Gasteiger partial charge < -0.3 is 4.90 Å². The van der Waals surface area contributed by atoms with Gasteiger partial charge in [-0.25, -0.2) is 8.78 Å². The van der Waals surface area contributed by atoms with Gasteiger partial charge in [-0.3, -0.25) is 7.05 Å². The summed E-state index contributed by atoms with van der Waals surface area (Å²) in [5, 5.41) is 0. The van der Waals surface area contributed by atoms with Crippen molar-refractivity contribution in [2.75, 3.05) is 13.1 Å². The molecule has 48 valence electrons. The molecule has 0 saturated carbocycles. The lowest BCUT2D eigenvalue weighted by molar-refractivity contribution is 0.0159. The van der Waals surface area contributed by atoms with Gasteiger partial charge in [0.15, 0.2) is 0 Å². The Bertz CT molecular complexity index is 92.4. The number of hydrogen-bond donors (Lipinski definition) is 0. The van der Waals surface area contributed by atoms with Crippen molar-refractivity contribution in [3.05, 3.63) is 7.05 Å². The predicted octanol–water partition coefficient (Wildman–Crippen LogP) is 1.12. The van der Waals surface area contributed by atoms with E-state index in [9.17, 15) is 8.78 Å². The van der Waals surface area contributed by atoms with Gasteiger partial charge in [-0.15, -0.1) is 0 Å². The topological polar surface area (TPSA) is 3.24 Å². The van der Waals surface area contributed by atoms with E-state index in [4.69, 9.17) is 0 Å². The largest absolute Gasteiger partial charge is 0.454 e. The first kappa shape index (κ1) is 5.95. The van der Waals surface area contributed by atoms with Gasteiger partial charge in [0.25, 0.3) is 5.92 Å². The van der Waals surface area contributed by atoms with Crippen molar-refractivity contribution in [2.45, 2.75) is 12.3 Å². The number of nitrogens with zero attached hydrogens (tertiary/aromatic N) is 1. The van der Waals surface area contributed by atoms with Crippen molar-refractivity contribution in [2.24, 2.45) is 0 Å². The second kappa shape index (κ2) is 1.65. The summed E-state index contributed by atoms with van der Waals surface area (Å²) in [5.41, 5.74) is 0. The fourth-order valence-corrected chi connectivity index (χ4v) is 0.807. The van der Waals surface area contributed by atoms with Crippen LogP contribution in [0.1, 0.15) is 6.42 Å². The van der Waals surface area contributed by atoms with Crippen LogP contribution in [0.4, 0.5) is 8.78 Å². The van der Waals surface area contributed by atoms with E-state index in [0.29, 0.717) is 6.54 Å². The number of hydrogen-bond acceptors (Lipinski definition) is 1. The molecular weight excluding hydrogens is 112 g/mol. The molecule has 1 fully saturated rings. The smallest absolute Gasteiger partial charge is 0.259 e. The minimum absolute atomic E-state index is 0.0312. The van der Waals surface area contributed by atoms with Crippen LogP contribution in [0.5, 0.6) is 0 Å². The fraction of sp³-hybridized carbons (Fsp3) is 0.800. The van der Waals surface area contributed by atoms with Crippen LogP contribution in [0.3, 0.4) is 0 Å². The van der Waals surface area contributed by atoms with E-state index < -0.39 is 5.92 Å². The Morgan fingerprint density at radius 1 is 1.50 bits per heavy atom. The molecule has 3 heteroatoms. The van der Waals surface area contributed by atoms with Crippen LogP contribution in [0, 0.1) is 7.05 Å². The van der Waals surface area contributed by atoms with Crippen LogP contribution >= 0.6 is 0 Å². The zero-order chi connectivity index (χ0) is 6.20. The van der Waals surface area contributed by atoms with E-state index in [1.165, 1.54) is 4.90 Å². The summed E-state index contributed by atoms with van der Waals surface area (Å²) in [6, 6.07) is 0. The average molecular weight is 120 g/mol. The summed E-state index contributed by atoms with van der Waals surface area (Å²) in [5.74, 6) is -2.47. The van der Waals surface area contributed by atoms with E-state index >= 15 is 0 Å². The molecule has 0 radical (unpaired) electrons. The summed E-state index contributed by atoms with van der Waals surface area (Å²) < 4.78 is 24.2. The van der Waals surface area contributed by atoms with Crippen molar-refractivity contribution in [3.63, 3.8) is 0 Å². The number of likely N-dealkylation sites (tertiary alicyclic amines) is 1. The zero-order valence-corrected chi connectivity index (χ0v) is 4.53. The second-order valence-corrected chi connectivity index (χ2v) is 2.16. The highest BCUT2D eigenvalue weighted by Gasteiger charge is 2.33. The predicted molar refractivity (Wildman–Crippen MR) is 26.5 cm³/mol. The molecule has 0 aliphatic carbocycles. The van der Waals surface area contributed by atoms with Gasteiger partial charge in [0.1, 0.15) is 0 Å². The Labute approximate surface area is 47.3 Å². The van der Waals surface area contributed by atoms with Gasteiger partial charge in [-0.1, -0.05) is 0 Å². The monoisotopic (exact) mass is 120 g/mol. The summed E-state index contributed by atoms with van der Waals surface area (Å²) in [6.07, 6.45) is -0.0312. The quantitative estimate of drug-likeness (QED) is 0.433. The van der Waals surface area contributed by atoms with Crippen molar-refractivity contribution >= 4 is 0 Å². The molecule has 0 amide bonds. The van der Waals surface area contributed by atoms with E-state index in [0.717, 1.165) is 0 Å². The zero-order valence-electron chi connectivity index (χ0n) is 4.53. The van der Waals surface area contributed by atoms with Crippen LogP contribution < -0.4 is 0 Å². The van der Waals surface area contributed by atoms with Gasteiger partial charge in [0.2, 0.25) is 0 Å². The molecule has 1 rings (SSSR count). The Hall–Kier alpha value is -0.180. The molecule has 1 aliphatic heterocycles. The highest BCUT2D eigenvalue weighted by molar-refractivity contribution is 4.80. The van der Waals surface area contributed by atoms with Crippen LogP contribution in [-0.2, 0) is 0 Å². The first-order valence-corrected chi connectivity index (χ1v) is 2.53. The molecule has 1 aliphatic rings. The number of rotatable bonds is 0. The number of alkyl halides is 2. The molecule has 0 aromatic carbocycles. The first-order chi connectivity index (χ1) is 3.60. The molecule has 1 nitrogen and oxygen atoms in total. The van der Waals surface area contributed by atoms with E-state index in [1.807, 2.05) is 0 Å². The van der Waals surface area contributed by atoms with Crippen LogP contribution in [0.15, 0.2) is 0 Å². The second-order valence-electron chi connectivity index (χ2n) is 2.16. The number of halogens is 2. The van der Waals surface area contributed by atoms with Crippen molar-refractivity contribution < 1.29 is 8.78 Å². The Kier molecular flexibility index (Phi) is 1.23. The van der Waals surface area contributed by atoms with Crippen LogP contribution in [0.2, 0.25) is 0 Å². The summed E-state index contributed by atoms with van der Waals surface area (Å²) >= 11 is 0. The van der Waals surface area contributed by atoms with Gasteiger partial charge >= 0.3 is 0 Å². The lowest BCUT2D eigenvalue weighted by atomic mass is 10.3. The highest BCUT2D eigenvalue weighted by atomic mass is 19.3. The standard InChI is InChI=1S/C5H8F2N/c1-8-3-2-5(6,7)4-8/h1-4H2/q-1. The third-order valence-corrected chi connectivity index (χ3v) is 1.25. The summed E-state index contributed by atoms with van der Waals surface area (Å²) in [6.45, 7) is 0.250. The molecular formula is C5H8F2N-. The SMILES string of the molecule is [CH2-]N1CCC(F)(F)C1. The maximum Gasteiger partial charge on any atom is 0.259 e. The molecule has 0 spiro atoms. The molecule has 1 heterocycles. The Morgan fingerprint density at radius 3 is 2.25 bits per heavy atom. The molecule has 0 aromatic heterocycles. The van der Waals surface area contributed by atoms with Crippen molar-refractivity contribution in [1.82, 2.24) is 4.90 Å². The highest BCUT2D eigenvalue weighted by Crippen LogP contribution is 2.25. The van der Waals surface area contributed by atoms with Crippen molar-refractivity contribution in [3.8, 4) is 0 Å². The van der Waals surface area contributed by atoms with E-state index in [2.05, 4.69) is 7.05 Å². The Morgan fingerprint density at radius 2 is 2.12 bits per heavy atom. The van der Waals surface area contributed by atoms with Gasteiger partial charge in [0, 0.05) is 13.0 Å². The fourth-order valence-electron chi connectivity index (χ4n) is 0.807.